The molecule has 2 rings (SSSR count). The number of ether oxygens (including phenoxy) is 4. The highest BCUT2D eigenvalue weighted by molar-refractivity contribution is 5.97. The molecule has 0 bridgehead atoms. The first kappa shape index (κ1) is 31.0. The van der Waals surface area contributed by atoms with Crippen LogP contribution in [0.15, 0.2) is 24.3 Å². The number of rotatable bonds is 7. The van der Waals surface area contributed by atoms with Gasteiger partial charge < -0.3 is 39.0 Å². The number of amides is 2. The number of nitrogens with zero attached hydrogens (tertiary/aromatic N) is 2. The topological polar surface area (TPSA) is 118 Å². The first-order valence-corrected chi connectivity index (χ1v) is 12.9. The lowest BCUT2D eigenvalue weighted by atomic mass is 9.99. The van der Waals surface area contributed by atoms with Gasteiger partial charge in [0.1, 0.15) is 30.7 Å². The molecule has 0 unspecified atom stereocenters. The van der Waals surface area contributed by atoms with Gasteiger partial charge in [0.15, 0.2) is 0 Å². The lowest BCUT2D eigenvalue weighted by Crippen LogP contribution is -2.54. The van der Waals surface area contributed by atoms with Crippen LogP contribution in [0.25, 0.3) is 0 Å². The molecule has 4 atom stereocenters. The number of carbonyl (C=O) groups excluding carboxylic acids is 2. The quantitative estimate of drug-likeness (QED) is 0.552. The van der Waals surface area contributed by atoms with Gasteiger partial charge >= 0.3 is 0 Å². The van der Waals surface area contributed by atoms with E-state index in [1.165, 1.54) is 21.3 Å². The second kappa shape index (κ2) is 15.9. The Morgan fingerprint density at radius 2 is 1.84 bits per heavy atom. The van der Waals surface area contributed by atoms with Crippen LogP contribution in [0.2, 0.25) is 0 Å². The van der Waals surface area contributed by atoms with E-state index >= 15 is 0 Å². The molecule has 1 heterocycles. The smallest absolute Gasteiger partial charge is 0.257 e. The fourth-order valence-corrected chi connectivity index (χ4v) is 4.59. The van der Waals surface area contributed by atoms with Crippen molar-refractivity contribution in [1.82, 2.24) is 9.80 Å². The van der Waals surface area contributed by atoms with Gasteiger partial charge in [0, 0.05) is 46.5 Å². The Kier molecular flexibility index (Phi) is 13.3. The van der Waals surface area contributed by atoms with E-state index in [2.05, 4.69) is 13.8 Å². The van der Waals surface area contributed by atoms with Crippen molar-refractivity contribution in [3.8, 4) is 5.75 Å². The molecule has 0 radical (unpaired) electrons. The van der Waals surface area contributed by atoms with Crippen LogP contribution < -0.4 is 4.74 Å². The third-order valence-electron chi connectivity index (χ3n) is 6.54. The molecule has 1 aliphatic rings. The number of hydrogen-bond donors (Lipinski definition) is 2. The molecule has 0 aliphatic carbocycles. The van der Waals surface area contributed by atoms with Crippen molar-refractivity contribution in [2.45, 2.75) is 57.5 Å². The molecule has 0 aromatic heterocycles. The normalized spacial score (nSPS) is 24.5. The van der Waals surface area contributed by atoms with Crippen molar-refractivity contribution in [3.63, 3.8) is 0 Å². The molecular formula is C27H44N2O8. The van der Waals surface area contributed by atoms with Gasteiger partial charge in [-0.05, 0) is 37.3 Å². The largest absolute Gasteiger partial charge is 0.496 e. The molecule has 0 saturated carbocycles. The standard InChI is InChI=1S/C27H44N2O8/c1-19(2)14-20-15-28(25(31)18-34-3)16-24(36-5)26(32)22(30)17-37-13-9-8-12-29(20)27(33)21-10-6-7-11-23(21)35-4/h6-7,10-11,19-20,22,24,26,30,32H,8-9,12-18H2,1-5H3/t20-,22+,24+,26+/m0/s1. The van der Waals surface area contributed by atoms with Crippen molar-refractivity contribution in [1.29, 1.82) is 0 Å². The van der Waals surface area contributed by atoms with Gasteiger partial charge in [-0.1, -0.05) is 26.0 Å². The summed E-state index contributed by atoms with van der Waals surface area (Å²) in [7, 11) is 4.40. The zero-order chi connectivity index (χ0) is 27.4. The predicted octanol–water partition coefficient (Wildman–Crippen LogP) is 1.57. The Labute approximate surface area is 220 Å². The van der Waals surface area contributed by atoms with Crippen LogP contribution in [0, 0.1) is 5.92 Å². The van der Waals surface area contributed by atoms with E-state index in [9.17, 15) is 19.8 Å². The highest BCUT2D eigenvalue weighted by Crippen LogP contribution is 2.24. The molecule has 1 aromatic carbocycles. The lowest BCUT2D eigenvalue weighted by Gasteiger charge is -2.39. The van der Waals surface area contributed by atoms with E-state index < -0.39 is 18.3 Å². The molecule has 37 heavy (non-hydrogen) atoms. The third kappa shape index (κ3) is 9.22. The highest BCUT2D eigenvalue weighted by Gasteiger charge is 2.34. The molecule has 2 amide bonds. The zero-order valence-electron chi connectivity index (χ0n) is 22.8. The van der Waals surface area contributed by atoms with Crippen molar-refractivity contribution in [2.75, 3.05) is 60.8 Å². The van der Waals surface area contributed by atoms with Crippen molar-refractivity contribution >= 4 is 11.8 Å². The highest BCUT2D eigenvalue weighted by atomic mass is 16.5. The number of aliphatic hydroxyl groups is 2. The minimum atomic E-state index is -1.26. The van der Waals surface area contributed by atoms with E-state index in [0.29, 0.717) is 43.7 Å². The van der Waals surface area contributed by atoms with Crippen molar-refractivity contribution in [2.24, 2.45) is 5.92 Å². The molecule has 0 spiro atoms. The summed E-state index contributed by atoms with van der Waals surface area (Å²) in [4.78, 5) is 30.4. The molecule has 1 fully saturated rings. The van der Waals surface area contributed by atoms with Gasteiger partial charge in [-0.25, -0.2) is 0 Å². The number of benzene rings is 1. The summed E-state index contributed by atoms with van der Waals surface area (Å²) in [5, 5.41) is 21.2. The summed E-state index contributed by atoms with van der Waals surface area (Å²) < 4.78 is 21.6. The Bertz CT molecular complexity index is 836. The van der Waals surface area contributed by atoms with E-state index in [1.54, 1.807) is 23.1 Å². The van der Waals surface area contributed by atoms with Crippen LogP contribution in [0.3, 0.4) is 0 Å². The van der Waals surface area contributed by atoms with Crippen LogP contribution in [0.5, 0.6) is 5.75 Å². The number of para-hydroxylation sites is 1. The maximum Gasteiger partial charge on any atom is 0.257 e. The summed E-state index contributed by atoms with van der Waals surface area (Å²) in [5.41, 5.74) is 0.458. The Morgan fingerprint density at radius 3 is 2.49 bits per heavy atom. The molecule has 1 aliphatic heterocycles. The van der Waals surface area contributed by atoms with Gasteiger partial charge in [0.25, 0.3) is 5.91 Å². The SMILES string of the molecule is COCC(=O)N1C[C@H](CC(C)C)N(C(=O)c2ccccc2OC)CCCCOC[C@@H](O)[C@@H](O)[C@H](OC)C1. The summed E-state index contributed by atoms with van der Waals surface area (Å²) in [6.07, 6.45) is -1.31. The number of aliphatic hydroxyl groups excluding tert-OH is 2. The third-order valence-corrected chi connectivity index (χ3v) is 6.54. The fraction of sp³-hybridized carbons (Fsp3) is 0.704. The van der Waals surface area contributed by atoms with E-state index in [-0.39, 0.29) is 50.1 Å². The molecular weight excluding hydrogens is 480 g/mol. The minimum Gasteiger partial charge on any atom is -0.496 e. The van der Waals surface area contributed by atoms with Crippen molar-refractivity contribution in [3.05, 3.63) is 29.8 Å². The van der Waals surface area contributed by atoms with Gasteiger partial charge in [-0.2, -0.15) is 0 Å². The molecule has 210 valence electrons. The first-order chi connectivity index (χ1) is 17.7. The molecule has 1 saturated heterocycles. The van der Waals surface area contributed by atoms with Gasteiger partial charge in [0.2, 0.25) is 5.91 Å². The van der Waals surface area contributed by atoms with Crippen molar-refractivity contribution < 1.29 is 38.7 Å². The summed E-state index contributed by atoms with van der Waals surface area (Å²) in [6.45, 7) is 5.01. The van der Waals surface area contributed by atoms with Crippen LogP contribution in [0.1, 0.15) is 43.5 Å². The zero-order valence-corrected chi connectivity index (χ0v) is 22.8. The summed E-state index contributed by atoms with van der Waals surface area (Å²) in [5.74, 6) is 0.259. The summed E-state index contributed by atoms with van der Waals surface area (Å²) in [6, 6.07) is 6.80. The van der Waals surface area contributed by atoms with Gasteiger partial charge in [-0.15, -0.1) is 0 Å². The van der Waals surface area contributed by atoms with Crippen LogP contribution >= 0.6 is 0 Å². The van der Waals surface area contributed by atoms with Crippen LogP contribution in [0.4, 0.5) is 0 Å². The van der Waals surface area contributed by atoms with Gasteiger partial charge in [0.05, 0.1) is 19.3 Å². The van der Waals surface area contributed by atoms with Crippen LogP contribution in [-0.2, 0) is 19.0 Å². The van der Waals surface area contributed by atoms with Gasteiger partial charge in [-0.3, -0.25) is 9.59 Å². The van der Waals surface area contributed by atoms with Crippen LogP contribution in [-0.4, -0.2) is 117 Å². The second-order valence-corrected chi connectivity index (χ2v) is 9.83. The Hall–Kier alpha value is -2.24. The van der Waals surface area contributed by atoms with E-state index in [1.807, 2.05) is 11.0 Å². The van der Waals surface area contributed by atoms with E-state index in [0.717, 1.165) is 0 Å². The second-order valence-electron chi connectivity index (χ2n) is 9.83. The maximum absolute atomic E-state index is 13.9. The lowest BCUT2D eigenvalue weighted by molar-refractivity contribution is -0.143. The predicted molar refractivity (Wildman–Crippen MR) is 139 cm³/mol. The summed E-state index contributed by atoms with van der Waals surface area (Å²) >= 11 is 0. The minimum absolute atomic E-state index is 0.0161. The molecule has 10 nitrogen and oxygen atoms in total. The molecule has 10 heteroatoms. The average Bonchev–Trinajstić information content (AvgIpc) is 2.88. The molecule has 1 aromatic rings. The number of hydrogen-bond acceptors (Lipinski definition) is 8. The fourth-order valence-electron chi connectivity index (χ4n) is 4.59. The Balaban J connectivity index is 2.50. The number of carbonyl (C=O) groups is 2. The average molecular weight is 525 g/mol. The van der Waals surface area contributed by atoms with E-state index in [4.69, 9.17) is 18.9 Å². The molecule has 2 N–H and O–H groups in total. The Morgan fingerprint density at radius 1 is 1.11 bits per heavy atom. The number of methoxy groups -OCH3 is 3. The first-order valence-electron chi connectivity index (χ1n) is 12.9. The maximum atomic E-state index is 13.9. The monoisotopic (exact) mass is 524 g/mol.